The molecule has 1 saturated heterocycles. The van der Waals surface area contributed by atoms with Crippen LogP contribution in [-0.4, -0.2) is 53.6 Å². The highest BCUT2D eigenvalue weighted by Crippen LogP contribution is 2.12. The standard InChI is InChI=1S/C13H24N2O3/c1-10(2)11(16)14-6-8-15(9-7-14)12(17)18-13(3,4)5/h10H,6-9H2,1-5H3. The van der Waals surface area contributed by atoms with Gasteiger partial charge in [0.1, 0.15) is 5.60 Å². The molecule has 0 aromatic rings. The van der Waals surface area contributed by atoms with E-state index in [4.69, 9.17) is 4.74 Å². The van der Waals surface area contributed by atoms with Crippen LogP contribution in [0.4, 0.5) is 4.79 Å². The minimum absolute atomic E-state index is 0.0121. The molecule has 0 radical (unpaired) electrons. The minimum atomic E-state index is -0.470. The number of hydrogen-bond acceptors (Lipinski definition) is 3. The average Bonchev–Trinajstić information content (AvgIpc) is 2.26. The van der Waals surface area contributed by atoms with Gasteiger partial charge in [0.2, 0.25) is 5.91 Å². The lowest BCUT2D eigenvalue weighted by Gasteiger charge is -2.36. The summed E-state index contributed by atoms with van der Waals surface area (Å²) in [6.45, 7) is 11.6. The van der Waals surface area contributed by atoms with Crippen molar-refractivity contribution in [3.05, 3.63) is 0 Å². The summed E-state index contributed by atoms with van der Waals surface area (Å²) >= 11 is 0. The molecule has 1 aliphatic rings. The van der Waals surface area contributed by atoms with Gasteiger partial charge in [0.25, 0.3) is 0 Å². The third-order valence-electron chi connectivity index (χ3n) is 2.74. The predicted octanol–water partition coefficient (Wildman–Crippen LogP) is 1.72. The normalized spacial score (nSPS) is 17.0. The highest BCUT2D eigenvalue weighted by Gasteiger charge is 2.28. The number of carbonyl (C=O) groups is 2. The van der Waals surface area contributed by atoms with Crippen molar-refractivity contribution in [3.8, 4) is 0 Å². The summed E-state index contributed by atoms with van der Waals surface area (Å²) in [6, 6.07) is 0. The van der Waals surface area contributed by atoms with E-state index < -0.39 is 5.60 Å². The summed E-state index contributed by atoms with van der Waals surface area (Å²) in [4.78, 5) is 27.1. The fourth-order valence-corrected chi connectivity index (χ4v) is 1.80. The Morgan fingerprint density at radius 1 is 1.00 bits per heavy atom. The van der Waals surface area contributed by atoms with Crippen molar-refractivity contribution in [2.45, 2.75) is 40.2 Å². The van der Waals surface area contributed by atoms with E-state index in [2.05, 4.69) is 0 Å². The van der Waals surface area contributed by atoms with Crippen LogP contribution in [0.1, 0.15) is 34.6 Å². The van der Waals surface area contributed by atoms with Crippen molar-refractivity contribution in [2.75, 3.05) is 26.2 Å². The number of piperazine rings is 1. The third-order valence-corrected chi connectivity index (χ3v) is 2.74. The van der Waals surface area contributed by atoms with Crippen LogP contribution in [0.25, 0.3) is 0 Å². The number of hydrogen-bond donors (Lipinski definition) is 0. The van der Waals surface area contributed by atoms with Crippen LogP contribution >= 0.6 is 0 Å². The average molecular weight is 256 g/mol. The van der Waals surface area contributed by atoms with Gasteiger partial charge < -0.3 is 14.5 Å². The molecule has 0 N–H and O–H groups in total. The fourth-order valence-electron chi connectivity index (χ4n) is 1.80. The molecule has 18 heavy (non-hydrogen) atoms. The van der Waals surface area contributed by atoms with E-state index in [1.165, 1.54) is 0 Å². The molecule has 0 unspecified atom stereocenters. The smallest absolute Gasteiger partial charge is 0.410 e. The summed E-state index contributed by atoms with van der Waals surface area (Å²) in [7, 11) is 0. The first-order chi connectivity index (χ1) is 8.20. The van der Waals surface area contributed by atoms with E-state index in [0.717, 1.165) is 0 Å². The highest BCUT2D eigenvalue weighted by molar-refractivity contribution is 5.78. The zero-order valence-electron chi connectivity index (χ0n) is 12.0. The molecule has 5 heteroatoms. The van der Waals surface area contributed by atoms with Crippen LogP contribution in [0.2, 0.25) is 0 Å². The van der Waals surface area contributed by atoms with E-state index in [1.807, 2.05) is 39.5 Å². The van der Waals surface area contributed by atoms with E-state index >= 15 is 0 Å². The molecule has 0 aliphatic carbocycles. The molecule has 0 spiro atoms. The Hall–Kier alpha value is -1.26. The van der Waals surface area contributed by atoms with Crippen LogP contribution in [0, 0.1) is 5.92 Å². The lowest BCUT2D eigenvalue weighted by molar-refractivity contribution is -0.136. The second-order valence-electron chi connectivity index (χ2n) is 5.95. The van der Waals surface area contributed by atoms with E-state index in [-0.39, 0.29) is 17.9 Å². The molecule has 0 aromatic carbocycles. The van der Waals surface area contributed by atoms with Gasteiger partial charge in [0.15, 0.2) is 0 Å². The van der Waals surface area contributed by atoms with Crippen LogP contribution in [-0.2, 0) is 9.53 Å². The zero-order chi connectivity index (χ0) is 13.9. The molecule has 1 rings (SSSR count). The van der Waals surface area contributed by atoms with Crippen molar-refractivity contribution >= 4 is 12.0 Å². The summed E-state index contributed by atoms with van der Waals surface area (Å²) < 4.78 is 5.30. The number of ether oxygens (including phenoxy) is 1. The Morgan fingerprint density at radius 3 is 1.83 bits per heavy atom. The topological polar surface area (TPSA) is 49.9 Å². The van der Waals surface area contributed by atoms with Crippen molar-refractivity contribution in [3.63, 3.8) is 0 Å². The molecule has 0 saturated carbocycles. The van der Waals surface area contributed by atoms with Gasteiger partial charge in [-0.05, 0) is 20.8 Å². The number of nitrogens with zero attached hydrogens (tertiary/aromatic N) is 2. The molecule has 0 atom stereocenters. The minimum Gasteiger partial charge on any atom is -0.444 e. The molecule has 1 heterocycles. The number of rotatable bonds is 1. The van der Waals surface area contributed by atoms with Gasteiger partial charge in [-0.3, -0.25) is 4.79 Å². The highest BCUT2D eigenvalue weighted by atomic mass is 16.6. The van der Waals surface area contributed by atoms with Crippen LogP contribution in [0.3, 0.4) is 0 Å². The molecular formula is C13H24N2O3. The van der Waals surface area contributed by atoms with Crippen LogP contribution < -0.4 is 0 Å². The maximum atomic E-state index is 11.8. The monoisotopic (exact) mass is 256 g/mol. The molecular weight excluding hydrogens is 232 g/mol. The van der Waals surface area contributed by atoms with Crippen LogP contribution in [0.15, 0.2) is 0 Å². The largest absolute Gasteiger partial charge is 0.444 e. The molecule has 0 bridgehead atoms. The predicted molar refractivity (Wildman–Crippen MR) is 69.2 cm³/mol. The maximum absolute atomic E-state index is 11.8. The third kappa shape index (κ3) is 4.20. The summed E-state index contributed by atoms with van der Waals surface area (Å²) in [6.07, 6.45) is -0.292. The first-order valence-electron chi connectivity index (χ1n) is 6.47. The van der Waals surface area contributed by atoms with Gasteiger partial charge in [-0.2, -0.15) is 0 Å². The molecule has 0 aromatic heterocycles. The second kappa shape index (κ2) is 5.59. The first kappa shape index (κ1) is 14.8. The van der Waals surface area contributed by atoms with Gasteiger partial charge in [-0.15, -0.1) is 0 Å². The molecule has 2 amide bonds. The number of carbonyl (C=O) groups excluding carboxylic acids is 2. The van der Waals surface area contributed by atoms with E-state index in [1.54, 1.807) is 4.90 Å². The Bertz CT molecular complexity index is 313. The Morgan fingerprint density at radius 2 is 1.44 bits per heavy atom. The van der Waals surface area contributed by atoms with Gasteiger partial charge in [-0.1, -0.05) is 13.8 Å². The van der Waals surface area contributed by atoms with Crippen molar-refractivity contribution in [1.29, 1.82) is 0 Å². The van der Waals surface area contributed by atoms with E-state index in [9.17, 15) is 9.59 Å². The molecule has 5 nitrogen and oxygen atoms in total. The van der Waals surface area contributed by atoms with Gasteiger partial charge in [0.05, 0.1) is 0 Å². The van der Waals surface area contributed by atoms with Gasteiger partial charge in [0, 0.05) is 32.1 Å². The van der Waals surface area contributed by atoms with Crippen molar-refractivity contribution < 1.29 is 14.3 Å². The second-order valence-corrected chi connectivity index (χ2v) is 5.95. The molecule has 104 valence electrons. The van der Waals surface area contributed by atoms with Gasteiger partial charge in [-0.25, -0.2) is 4.79 Å². The van der Waals surface area contributed by atoms with Crippen molar-refractivity contribution in [2.24, 2.45) is 5.92 Å². The summed E-state index contributed by atoms with van der Waals surface area (Å²) in [5.74, 6) is 0.164. The number of amides is 2. The summed E-state index contributed by atoms with van der Waals surface area (Å²) in [5, 5.41) is 0. The fraction of sp³-hybridized carbons (Fsp3) is 0.846. The summed E-state index contributed by atoms with van der Waals surface area (Å²) in [5.41, 5.74) is -0.470. The lowest BCUT2D eigenvalue weighted by Crippen LogP contribution is -2.52. The quantitative estimate of drug-likeness (QED) is 0.718. The SMILES string of the molecule is CC(C)C(=O)N1CCN(C(=O)OC(C)(C)C)CC1. The first-order valence-corrected chi connectivity index (χ1v) is 6.47. The Kier molecular flexibility index (Phi) is 4.59. The molecule has 1 aliphatic heterocycles. The Labute approximate surface area is 109 Å². The van der Waals surface area contributed by atoms with Crippen LogP contribution in [0.5, 0.6) is 0 Å². The zero-order valence-corrected chi connectivity index (χ0v) is 12.0. The molecule has 1 fully saturated rings. The Balaban J connectivity index is 2.44. The maximum Gasteiger partial charge on any atom is 0.410 e. The van der Waals surface area contributed by atoms with Crippen molar-refractivity contribution in [1.82, 2.24) is 9.80 Å². The van der Waals surface area contributed by atoms with E-state index in [0.29, 0.717) is 26.2 Å². The van der Waals surface area contributed by atoms with Gasteiger partial charge >= 0.3 is 6.09 Å². The lowest BCUT2D eigenvalue weighted by atomic mass is 10.1.